The molecule has 2 aromatic rings. The van der Waals surface area contributed by atoms with Gasteiger partial charge in [0.25, 0.3) is 0 Å². The summed E-state index contributed by atoms with van der Waals surface area (Å²) in [5.41, 5.74) is 0.856. The number of aromatic nitrogens is 3. The lowest BCUT2D eigenvalue weighted by atomic mass is 10.3. The van der Waals surface area contributed by atoms with Gasteiger partial charge in [0.2, 0.25) is 0 Å². The first-order valence-electron chi connectivity index (χ1n) is 4.19. The Morgan fingerprint density at radius 2 is 1.80 bits per heavy atom. The van der Waals surface area contributed by atoms with Gasteiger partial charge in [0, 0.05) is 12.4 Å². The summed E-state index contributed by atoms with van der Waals surface area (Å²) >= 11 is 0. The molecular weight excluding hydrogens is 197 g/mol. The predicted molar refractivity (Wildman–Crippen MR) is 50.6 cm³/mol. The van der Waals surface area contributed by atoms with E-state index in [0.29, 0.717) is 23.4 Å². The summed E-state index contributed by atoms with van der Waals surface area (Å²) in [6.45, 7) is 0. The molecule has 0 amide bonds. The molecule has 2 aromatic heterocycles. The quantitative estimate of drug-likeness (QED) is 0.694. The fourth-order valence-corrected chi connectivity index (χ4v) is 1.04. The van der Waals surface area contributed by atoms with Gasteiger partial charge in [0.1, 0.15) is 11.5 Å². The van der Waals surface area contributed by atoms with Gasteiger partial charge in [-0.15, -0.1) is 0 Å². The van der Waals surface area contributed by atoms with Gasteiger partial charge in [-0.1, -0.05) is 0 Å². The van der Waals surface area contributed by atoms with Crippen molar-refractivity contribution in [2.45, 2.75) is 0 Å². The summed E-state index contributed by atoms with van der Waals surface area (Å²) in [6.07, 6.45) is 4.52. The van der Waals surface area contributed by atoms with Gasteiger partial charge in [-0.25, -0.2) is 19.3 Å². The molecule has 0 fully saturated rings. The first-order chi connectivity index (χ1) is 7.29. The van der Waals surface area contributed by atoms with Gasteiger partial charge < -0.3 is 0 Å². The molecule has 5 heteroatoms. The summed E-state index contributed by atoms with van der Waals surface area (Å²) in [6, 6.07) is 2.75. The Morgan fingerprint density at radius 1 is 1.07 bits per heavy atom. The Balaban J connectivity index is 2.37. The van der Waals surface area contributed by atoms with E-state index in [1.54, 1.807) is 0 Å². The van der Waals surface area contributed by atoms with E-state index in [0.717, 1.165) is 6.20 Å². The second-order valence-electron chi connectivity index (χ2n) is 2.82. The monoisotopic (exact) mass is 203 g/mol. The molecule has 2 heterocycles. The summed E-state index contributed by atoms with van der Waals surface area (Å²) in [4.78, 5) is 22.0. The van der Waals surface area contributed by atoms with Gasteiger partial charge in [-0.05, 0) is 12.1 Å². The molecule has 0 N–H and O–H groups in total. The van der Waals surface area contributed by atoms with Crippen molar-refractivity contribution in [3.05, 3.63) is 42.1 Å². The highest BCUT2D eigenvalue weighted by Crippen LogP contribution is 2.10. The molecule has 0 atom stereocenters. The largest absolute Gasteiger partial charge is 0.298 e. The van der Waals surface area contributed by atoms with Gasteiger partial charge in [-0.2, -0.15) is 0 Å². The van der Waals surface area contributed by atoms with Crippen LogP contribution >= 0.6 is 0 Å². The van der Waals surface area contributed by atoms with Gasteiger partial charge in [0.15, 0.2) is 12.1 Å². The zero-order valence-corrected chi connectivity index (χ0v) is 7.59. The third-order valence-corrected chi connectivity index (χ3v) is 1.76. The highest BCUT2D eigenvalue weighted by Gasteiger charge is 2.02. The van der Waals surface area contributed by atoms with Crippen LogP contribution in [-0.4, -0.2) is 21.2 Å². The summed E-state index contributed by atoms with van der Waals surface area (Å²) in [5, 5.41) is 0. The van der Waals surface area contributed by atoms with Crippen LogP contribution in [0.2, 0.25) is 0 Å². The number of halogens is 1. The Kier molecular flexibility index (Phi) is 2.45. The Labute approximate surface area is 84.8 Å². The minimum Gasteiger partial charge on any atom is -0.298 e. The van der Waals surface area contributed by atoms with Gasteiger partial charge in [0.05, 0.1) is 11.8 Å². The van der Waals surface area contributed by atoms with Gasteiger partial charge >= 0.3 is 0 Å². The highest BCUT2D eigenvalue weighted by atomic mass is 19.1. The Hall–Kier alpha value is -2.17. The third-order valence-electron chi connectivity index (χ3n) is 1.76. The number of carbonyl (C=O) groups excluding carboxylic acids is 1. The number of hydrogen-bond donors (Lipinski definition) is 0. The zero-order chi connectivity index (χ0) is 10.7. The van der Waals surface area contributed by atoms with Crippen LogP contribution in [0.15, 0.2) is 30.7 Å². The van der Waals surface area contributed by atoms with Crippen molar-refractivity contribution < 1.29 is 9.18 Å². The van der Waals surface area contributed by atoms with Crippen molar-refractivity contribution in [1.82, 2.24) is 15.0 Å². The summed E-state index contributed by atoms with van der Waals surface area (Å²) in [7, 11) is 0. The van der Waals surface area contributed by atoms with E-state index in [9.17, 15) is 9.18 Å². The average molecular weight is 203 g/mol. The van der Waals surface area contributed by atoms with Crippen molar-refractivity contribution in [2.75, 3.05) is 0 Å². The molecule has 4 nitrogen and oxygen atoms in total. The molecule has 0 saturated heterocycles. The number of rotatable bonds is 2. The standard InChI is InChI=1S/C10H6FN3O/c11-8-1-2-9(12-5-8)10-13-3-7(6-15)4-14-10/h1-6H. The third kappa shape index (κ3) is 2.01. The smallest absolute Gasteiger partial charge is 0.178 e. The molecule has 0 aliphatic carbocycles. The molecule has 0 aliphatic rings. The van der Waals surface area contributed by atoms with E-state index >= 15 is 0 Å². The maximum Gasteiger partial charge on any atom is 0.178 e. The SMILES string of the molecule is O=Cc1cnc(-c2ccc(F)cn2)nc1. The summed E-state index contributed by atoms with van der Waals surface area (Å²) < 4.78 is 12.6. The van der Waals surface area contributed by atoms with E-state index < -0.39 is 5.82 Å². The van der Waals surface area contributed by atoms with Gasteiger partial charge in [-0.3, -0.25) is 4.79 Å². The topological polar surface area (TPSA) is 55.7 Å². The highest BCUT2D eigenvalue weighted by molar-refractivity contribution is 5.73. The summed E-state index contributed by atoms with van der Waals surface area (Å²) in [5.74, 6) is -0.0520. The van der Waals surface area contributed by atoms with Crippen LogP contribution in [-0.2, 0) is 0 Å². The maximum atomic E-state index is 12.6. The van der Waals surface area contributed by atoms with E-state index in [2.05, 4.69) is 15.0 Å². The molecule has 0 aromatic carbocycles. The lowest BCUT2D eigenvalue weighted by Crippen LogP contribution is -1.93. The van der Waals surface area contributed by atoms with Crippen molar-refractivity contribution in [2.24, 2.45) is 0 Å². The van der Waals surface area contributed by atoms with Crippen LogP contribution in [0, 0.1) is 5.82 Å². The molecule has 74 valence electrons. The number of aldehydes is 1. The second-order valence-corrected chi connectivity index (χ2v) is 2.82. The van der Waals surface area contributed by atoms with Crippen LogP contribution in [0.4, 0.5) is 4.39 Å². The van der Waals surface area contributed by atoms with Crippen LogP contribution in [0.5, 0.6) is 0 Å². The van der Waals surface area contributed by atoms with Crippen molar-refractivity contribution in [3.8, 4) is 11.5 Å². The zero-order valence-electron chi connectivity index (χ0n) is 7.59. The van der Waals surface area contributed by atoms with Crippen molar-refractivity contribution in [3.63, 3.8) is 0 Å². The first kappa shape index (κ1) is 9.39. The maximum absolute atomic E-state index is 12.6. The molecule has 0 unspecified atom stereocenters. The lowest BCUT2D eigenvalue weighted by Gasteiger charge is -1.97. The molecular formula is C10H6FN3O. The Morgan fingerprint density at radius 3 is 2.33 bits per heavy atom. The fourth-order valence-electron chi connectivity index (χ4n) is 1.04. The molecule has 0 bridgehead atoms. The molecule has 0 radical (unpaired) electrons. The second kappa shape index (κ2) is 3.91. The van der Waals surface area contributed by atoms with E-state index in [4.69, 9.17) is 0 Å². The fraction of sp³-hybridized carbons (Fsp3) is 0. The average Bonchev–Trinajstić information content (AvgIpc) is 2.30. The number of nitrogens with zero attached hydrogens (tertiary/aromatic N) is 3. The molecule has 15 heavy (non-hydrogen) atoms. The minimum atomic E-state index is -0.414. The van der Waals surface area contributed by atoms with Crippen molar-refractivity contribution in [1.29, 1.82) is 0 Å². The van der Waals surface area contributed by atoms with Crippen LogP contribution < -0.4 is 0 Å². The minimum absolute atomic E-state index is 0.362. The number of carbonyl (C=O) groups is 1. The van der Waals surface area contributed by atoms with E-state index in [1.807, 2.05) is 0 Å². The van der Waals surface area contributed by atoms with Crippen molar-refractivity contribution >= 4 is 6.29 Å². The Bertz CT molecular complexity index is 467. The van der Waals surface area contributed by atoms with E-state index in [-0.39, 0.29) is 0 Å². The van der Waals surface area contributed by atoms with E-state index in [1.165, 1.54) is 24.5 Å². The first-order valence-corrected chi connectivity index (χ1v) is 4.19. The normalized spacial score (nSPS) is 9.93. The molecule has 0 saturated carbocycles. The molecule has 0 aliphatic heterocycles. The lowest BCUT2D eigenvalue weighted by molar-refractivity contribution is 0.112. The molecule has 0 spiro atoms. The van der Waals surface area contributed by atoms with Crippen LogP contribution in [0.1, 0.15) is 10.4 Å². The number of hydrogen-bond acceptors (Lipinski definition) is 4. The molecule has 2 rings (SSSR count). The van der Waals surface area contributed by atoms with Crippen LogP contribution in [0.25, 0.3) is 11.5 Å². The number of pyridine rings is 1. The van der Waals surface area contributed by atoms with Crippen LogP contribution in [0.3, 0.4) is 0 Å². The predicted octanol–water partition coefficient (Wildman–Crippen LogP) is 1.49.